The van der Waals surface area contributed by atoms with Crippen LogP contribution in [0.5, 0.6) is 0 Å². The molecule has 0 N–H and O–H groups in total. The maximum atomic E-state index is 11.4. The van der Waals surface area contributed by atoms with Crippen molar-refractivity contribution in [1.29, 1.82) is 0 Å². The van der Waals surface area contributed by atoms with Gasteiger partial charge in [-0.2, -0.15) is 0 Å². The van der Waals surface area contributed by atoms with E-state index in [1.807, 2.05) is 6.92 Å². The number of amides is 1. The average Bonchev–Trinajstić information content (AvgIpc) is 2.16. The molecule has 1 amide bonds. The van der Waals surface area contributed by atoms with Crippen molar-refractivity contribution < 1.29 is 14.3 Å². The van der Waals surface area contributed by atoms with Gasteiger partial charge in [-0.15, -0.1) is 0 Å². The summed E-state index contributed by atoms with van der Waals surface area (Å²) in [4.78, 5) is 23.9. The standard InChI is InChI=1S/C11H19NO3/c1-5-15-10(13)8-6-7-9(2)11(14)12(3)4/h6,8-9H,5,7H2,1-4H3/b8-6+. The Morgan fingerprint density at radius 2 is 2.00 bits per heavy atom. The normalized spacial score (nSPS) is 12.5. The first-order valence-corrected chi connectivity index (χ1v) is 5.03. The van der Waals surface area contributed by atoms with Crippen LogP contribution in [0.4, 0.5) is 0 Å². The van der Waals surface area contributed by atoms with Crippen molar-refractivity contribution in [3.63, 3.8) is 0 Å². The van der Waals surface area contributed by atoms with E-state index < -0.39 is 0 Å². The summed E-state index contributed by atoms with van der Waals surface area (Å²) in [6.45, 7) is 3.96. The SMILES string of the molecule is CCOC(=O)/C=C/CC(C)C(=O)N(C)C. The third-order valence-corrected chi connectivity index (χ3v) is 1.89. The zero-order chi connectivity index (χ0) is 11.8. The minimum absolute atomic E-state index is 0.0588. The predicted octanol–water partition coefficient (Wildman–Crippen LogP) is 1.22. The van der Waals surface area contributed by atoms with Gasteiger partial charge < -0.3 is 9.64 Å². The number of hydrogen-bond acceptors (Lipinski definition) is 3. The molecule has 4 nitrogen and oxygen atoms in total. The van der Waals surface area contributed by atoms with Crippen molar-refractivity contribution in [2.24, 2.45) is 5.92 Å². The molecule has 0 saturated heterocycles. The lowest BCUT2D eigenvalue weighted by Gasteiger charge is -2.14. The molecule has 0 fully saturated rings. The summed E-state index contributed by atoms with van der Waals surface area (Å²) in [5, 5.41) is 0. The summed E-state index contributed by atoms with van der Waals surface area (Å²) in [5.41, 5.74) is 0. The molecule has 0 rings (SSSR count). The molecule has 0 radical (unpaired) electrons. The molecule has 0 aromatic carbocycles. The molecular weight excluding hydrogens is 194 g/mol. The molecule has 0 saturated carbocycles. The predicted molar refractivity (Wildman–Crippen MR) is 58.2 cm³/mol. The van der Waals surface area contributed by atoms with Gasteiger partial charge in [0.1, 0.15) is 0 Å². The van der Waals surface area contributed by atoms with E-state index in [0.29, 0.717) is 13.0 Å². The van der Waals surface area contributed by atoms with Crippen LogP contribution in [0.25, 0.3) is 0 Å². The molecule has 0 aromatic heterocycles. The Kier molecular flexibility index (Phi) is 6.42. The van der Waals surface area contributed by atoms with Crippen LogP contribution in [-0.2, 0) is 14.3 Å². The lowest BCUT2D eigenvalue weighted by atomic mass is 10.1. The number of carbonyl (C=O) groups excluding carboxylic acids is 2. The highest BCUT2D eigenvalue weighted by Gasteiger charge is 2.12. The van der Waals surface area contributed by atoms with E-state index in [1.54, 1.807) is 32.0 Å². The molecule has 0 aliphatic rings. The van der Waals surface area contributed by atoms with Gasteiger partial charge in [-0.25, -0.2) is 4.79 Å². The second-order valence-corrected chi connectivity index (χ2v) is 3.52. The molecule has 4 heteroatoms. The summed E-state index contributed by atoms with van der Waals surface area (Å²) in [6, 6.07) is 0. The lowest BCUT2D eigenvalue weighted by Crippen LogP contribution is -2.27. The molecule has 0 heterocycles. The smallest absolute Gasteiger partial charge is 0.330 e. The van der Waals surface area contributed by atoms with E-state index in [9.17, 15) is 9.59 Å². The van der Waals surface area contributed by atoms with Gasteiger partial charge in [0.05, 0.1) is 6.61 Å². The van der Waals surface area contributed by atoms with Crippen LogP contribution in [0.2, 0.25) is 0 Å². The van der Waals surface area contributed by atoms with Crippen molar-refractivity contribution in [3.8, 4) is 0 Å². The lowest BCUT2D eigenvalue weighted by molar-refractivity contribution is -0.137. The first-order valence-electron chi connectivity index (χ1n) is 5.03. The monoisotopic (exact) mass is 213 g/mol. The fraction of sp³-hybridized carbons (Fsp3) is 0.636. The Morgan fingerprint density at radius 1 is 1.40 bits per heavy atom. The summed E-state index contributed by atoms with van der Waals surface area (Å²) < 4.78 is 4.71. The quantitative estimate of drug-likeness (QED) is 0.509. The molecule has 0 spiro atoms. The highest BCUT2D eigenvalue weighted by Crippen LogP contribution is 2.05. The van der Waals surface area contributed by atoms with Crippen molar-refractivity contribution in [1.82, 2.24) is 4.90 Å². The molecule has 86 valence electrons. The molecule has 1 unspecified atom stereocenters. The maximum Gasteiger partial charge on any atom is 0.330 e. The van der Waals surface area contributed by atoms with Crippen molar-refractivity contribution in [2.75, 3.05) is 20.7 Å². The van der Waals surface area contributed by atoms with Gasteiger partial charge >= 0.3 is 5.97 Å². The van der Waals surface area contributed by atoms with E-state index in [0.717, 1.165) is 0 Å². The van der Waals surface area contributed by atoms with Gasteiger partial charge in [-0.3, -0.25) is 4.79 Å². The fourth-order valence-electron chi connectivity index (χ4n) is 1.10. The number of esters is 1. The van der Waals surface area contributed by atoms with Crippen LogP contribution >= 0.6 is 0 Å². The van der Waals surface area contributed by atoms with Gasteiger partial charge in [0, 0.05) is 26.1 Å². The van der Waals surface area contributed by atoms with Crippen LogP contribution in [0.15, 0.2) is 12.2 Å². The van der Waals surface area contributed by atoms with E-state index in [1.165, 1.54) is 6.08 Å². The van der Waals surface area contributed by atoms with Crippen molar-refractivity contribution in [2.45, 2.75) is 20.3 Å². The third kappa shape index (κ3) is 5.88. The summed E-state index contributed by atoms with van der Waals surface area (Å²) in [5.74, 6) is -0.406. The summed E-state index contributed by atoms with van der Waals surface area (Å²) in [7, 11) is 3.43. The fourth-order valence-corrected chi connectivity index (χ4v) is 1.10. The zero-order valence-electron chi connectivity index (χ0n) is 9.82. The molecule has 15 heavy (non-hydrogen) atoms. The second-order valence-electron chi connectivity index (χ2n) is 3.52. The minimum atomic E-state index is -0.359. The Labute approximate surface area is 90.9 Å². The molecular formula is C11H19NO3. The average molecular weight is 213 g/mol. The first kappa shape index (κ1) is 13.7. The van der Waals surface area contributed by atoms with Crippen LogP contribution < -0.4 is 0 Å². The highest BCUT2D eigenvalue weighted by molar-refractivity contribution is 5.82. The van der Waals surface area contributed by atoms with Gasteiger partial charge in [-0.1, -0.05) is 13.0 Å². The van der Waals surface area contributed by atoms with E-state index in [2.05, 4.69) is 0 Å². The van der Waals surface area contributed by atoms with Gasteiger partial charge in [0.25, 0.3) is 0 Å². The Hall–Kier alpha value is -1.32. The third-order valence-electron chi connectivity index (χ3n) is 1.89. The number of nitrogens with zero attached hydrogens (tertiary/aromatic N) is 1. The zero-order valence-corrected chi connectivity index (χ0v) is 9.82. The Balaban J connectivity index is 3.94. The Bertz CT molecular complexity index is 246. The molecule has 1 atom stereocenters. The number of allylic oxidation sites excluding steroid dienone is 1. The number of rotatable bonds is 5. The molecule has 0 aliphatic carbocycles. The number of carbonyl (C=O) groups is 2. The van der Waals surface area contributed by atoms with Gasteiger partial charge in [0.15, 0.2) is 0 Å². The van der Waals surface area contributed by atoms with Crippen molar-refractivity contribution in [3.05, 3.63) is 12.2 Å². The van der Waals surface area contributed by atoms with E-state index in [4.69, 9.17) is 4.74 Å². The van der Waals surface area contributed by atoms with E-state index in [-0.39, 0.29) is 17.8 Å². The second kappa shape index (κ2) is 7.04. The number of ether oxygens (including phenoxy) is 1. The molecule has 0 aliphatic heterocycles. The summed E-state index contributed by atoms with van der Waals surface area (Å²) >= 11 is 0. The minimum Gasteiger partial charge on any atom is -0.463 e. The van der Waals surface area contributed by atoms with Crippen molar-refractivity contribution >= 4 is 11.9 Å². The largest absolute Gasteiger partial charge is 0.463 e. The highest BCUT2D eigenvalue weighted by atomic mass is 16.5. The van der Waals surface area contributed by atoms with E-state index >= 15 is 0 Å². The van der Waals surface area contributed by atoms with Crippen LogP contribution in [-0.4, -0.2) is 37.5 Å². The topological polar surface area (TPSA) is 46.6 Å². The maximum absolute atomic E-state index is 11.4. The van der Waals surface area contributed by atoms with Crippen LogP contribution in [0.1, 0.15) is 20.3 Å². The number of hydrogen-bond donors (Lipinski definition) is 0. The van der Waals surface area contributed by atoms with Gasteiger partial charge in [0.2, 0.25) is 5.91 Å². The van der Waals surface area contributed by atoms with Crippen LogP contribution in [0, 0.1) is 5.92 Å². The van der Waals surface area contributed by atoms with Gasteiger partial charge in [-0.05, 0) is 13.3 Å². The summed E-state index contributed by atoms with van der Waals surface area (Å²) in [6.07, 6.45) is 3.59. The molecule has 0 bridgehead atoms. The Morgan fingerprint density at radius 3 is 2.47 bits per heavy atom. The molecule has 0 aromatic rings. The van der Waals surface area contributed by atoms with Crippen LogP contribution in [0.3, 0.4) is 0 Å². The first-order chi connectivity index (χ1) is 6.99.